The summed E-state index contributed by atoms with van der Waals surface area (Å²) in [5, 5.41) is 3.54. The van der Waals surface area contributed by atoms with E-state index in [1.54, 1.807) is 22.4 Å². The molecule has 1 aliphatic heterocycles. The van der Waals surface area contributed by atoms with Crippen LogP contribution in [0.3, 0.4) is 0 Å². The summed E-state index contributed by atoms with van der Waals surface area (Å²) in [6.45, 7) is 1.08. The predicted molar refractivity (Wildman–Crippen MR) is 75.6 cm³/mol. The quantitative estimate of drug-likeness (QED) is 0.893. The number of aromatic nitrogens is 2. The lowest BCUT2D eigenvalue weighted by atomic mass is 9.97. The number of hydrogen-bond acceptors (Lipinski definition) is 2. The first-order valence-electron chi connectivity index (χ1n) is 6.83. The summed E-state index contributed by atoms with van der Waals surface area (Å²) in [7, 11) is 1.77. The van der Waals surface area contributed by atoms with E-state index in [1.807, 2.05) is 18.3 Å². The summed E-state index contributed by atoms with van der Waals surface area (Å²) in [6, 6.07) is 8.69. The molecule has 1 fully saturated rings. The Balaban J connectivity index is 1.95. The van der Waals surface area contributed by atoms with Crippen molar-refractivity contribution in [3.8, 4) is 5.69 Å². The molecular formula is C15H19N3O. The lowest BCUT2D eigenvalue weighted by molar-refractivity contribution is 0.412. The van der Waals surface area contributed by atoms with Gasteiger partial charge in [0.15, 0.2) is 0 Å². The average molecular weight is 257 g/mol. The van der Waals surface area contributed by atoms with Gasteiger partial charge in [-0.3, -0.25) is 4.57 Å². The molecule has 1 saturated heterocycles. The Bertz CT molecular complexity index is 620. The maximum Gasteiger partial charge on any atom is 0.332 e. The van der Waals surface area contributed by atoms with Crippen LogP contribution in [0.4, 0.5) is 0 Å². The van der Waals surface area contributed by atoms with E-state index in [0.29, 0.717) is 6.04 Å². The molecule has 1 unspecified atom stereocenters. The van der Waals surface area contributed by atoms with Crippen molar-refractivity contribution in [1.82, 2.24) is 14.5 Å². The second-order valence-corrected chi connectivity index (χ2v) is 5.16. The third-order valence-electron chi connectivity index (χ3n) is 3.81. The van der Waals surface area contributed by atoms with Crippen molar-refractivity contribution in [3.05, 3.63) is 52.7 Å². The number of rotatable bonds is 2. The van der Waals surface area contributed by atoms with E-state index in [9.17, 15) is 4.79 Å². The molecule has 19 heavy (non-hydrogen) atoms. The minimum absolute atomic E-state index is 0.00578. The summed E-state index contributed by atoms with van der Waals surface area (Å²) < 4.78 is 3.28. The zero-order valence-electron chi connectivity index (χ0n) is 11.2. The van der Waals surface area contributed by atoms with Crippen LogP contribution < -0.4 is 11.0 Å². The van der Waals surface area contributed by atoms with Crippen LogP contribution in [0.2, 0.25) is 0 Å². The fourth-order valence-corrected chi connectivity index (χ4v) is 2.69. The van der Waals surface area contributed by atoms with E-state index in [0.717, 1.165) is 12.2 Å². The monoisotopic (exact) mass is 257 g/mol. The van der Waals surface area contributed by atoms with Gasteiger partial charge in [-0.1, -0.05) is 18.6 Å². The number of piperidine rings is 1. The van der Waals surface area contributed by atoms with Crippen LogP contribution >= 0.6 is 0 Å². The van der Waals surface area contributed by atoms with Crippen LogP contribution in [0, 0.1) is 0 Å². The molecule has 1 aromatic heterocycles. The van der Waals surface area contributed by atoms with Gasteiger partial charge in [0.1, 0.15) is 0 Å². The summed E-state index contributed by atoms with van der Waals surface area (Å²) >= 11 is 0. The van der Waals surface area contributed by atoms with E-state index >= 15 is 0 Å². The van der Waals surface area contributed by atoms with Gasteiger partial charge in [0.2, 0.25) is 0 Å². The molecule has 1 atom stereocenters. The number of benzene rings is 1. The Morgan fingerprint density at radius 2 is 2.16 bits per heavy atom. The molecule has 2 heterocycles. The Morgan fingerprint density at radius 1 is 1.26 bits per heavy atom. The van der Waals surface area contributed by atoms with Crippen molar-refractivity contribution in [1.29, 1.82) is 0 Å². The molecule has 3 rings (SSSR count). The fraction of sp³-hybridized carbons (Fsp3) is 0.400. The number of nitrogens with one attached hydrogen (secondary N) is 1. The van der Waals surface area contributed by atoms with Crippen molar-refractivity contribution in [2.75, 3.05) is 6.54 Å². The molecular weight excluding hydrogens is 238 g/mol. The number of nitrogens with zero attached hydrogens (tertiary/aromatic N) is 2. The molecule has 4 nitrogen and oxygen atoms in total. The first kappa shape index (κ1) is 12.2. The van der Waals surface area contributed by atoms with Crippen LogP contribution in [0.5, 0.6) is 0 Å². The third-order valence-corrected chi connectivity index (χ3v) is 3.81. The molecule has 0 aliphatic carbocycles. The molecule has 100 valence electrons. The topological polar surface area (TPSA) is 39.0 Å². The van der Waals surface area contributed by atoms with Crippen LogP contribution in [0.25, 0.3) is 5.69 Å². The Morgan fingerprint density at radius 3 is 2.84 bits per heavy atom. The zero-order chi connectivity index (χ0) is 13.2. The van der Waals surface area contributed by atoms with Gasteiger partial charge in [0.05, 0.1) is 5.69 Å². The molecule has 0 spiro atoms. The maximum absolute atomic E-state index is 12.0. The second kappa shape index (κ2) is 5.05. The Hall–Kier alpha value is -1.81. The van der Waals surface area contributed by atoms with E-state index in [1.165, 1.54) is 24.8 Å². The van der Waals surface area contributed by atoms with Gasteiger partial charge < -0.3 is 9.88 Å². The molecule has 1 aliphatic rings. The van der Waals surface area contributed by atoms with Gasteiger partial charge >= 0.3 is 5.69 Å². The lowest BCUT2D eigenvalue weighted by Crippen LogP contribution is -2.27. The largest absolute Gasteiger partial charge is 0.332 e. The Kier molecular flexibility index (Phi) is 3.25. The molecule has 1 N–H and O–H groups in total. The lowest BCUT2D eigenvalue weighted by Gasteiger charge is -2.24. The highest BCUT2D eigenvalue weighted by Gasteiger charge is 2.15. The summed E-state index contributed by atoms with van der Waals surface area (Å²) in [5.41, 5.74) is 2.21. The normalized spacial score (nSPS) is 19.5. The van der Waals surface area contributed by atoms with Crippen molar-refractivity contribution >= 4 is 0 Å². The van der Waals surface area contributed by atoms with Gasteiger partial charge in [-0.15, -0.1) is 0 Å². The van der Waals surface area contributed by atoms with Crippen LogP contribution in [0.15, 0.2) is 41.5 Å². The second-order valence-electron chi connectivity index (χ2n) is 5.16. The molecule has 4 heteroatoms. The first-order valence-corrected chi connectivity index (χ1v) is 6.83. The smallest absolute Gasteiger partial charge is 0.310 e. The summed E-state index contributed by atoms with van der Waals surface area (Å²) in [4.78, 5) is 12.0. The fourth-order valence-electron chi connectivity index (χ4n) is 2.69. The number of imidazole rings is 1. The third kappa shape index (κ3) is 2.36. The molecule has 0 radical (unpaired) electrons. The van der Waals surface area contributed by atoms with Gasteiger partial charge in [0.25, 0.3) is 0 Å². The average Bonchev–Trinajstić information content (AvgIpc) is 2.80. The van der Waals surface area contributed by atoms with E-state index in [2.05, 4.69) is 17.4 Å². The highest BCUT2D eigenvalue weighted by molar-refractivity contribution is 5.37. The highest BCUT2D eigenvalue weighted by atomic mass is 16.1. The van der Waals surface area contributed by atoms with Crippen LogP contribution in [-0.4, -0.2) is 15.7 Å². The summed E-state index contributed by atoms with van der Waals surface area (Å²) in [6.07, 6.45) is 7.30. The van der Waals surface area contributed by atoms with E-state index in [-0.39, 0.29) is 5.69 Å². The molecule has 0 amide bonds. The van der Waals surface area contributed by atoms with Crippen LogP contribution in [0.1, 0.15) is 30.9 Å². The van der Waals surface area contributed by atoms with Crippen molar-refractivity contribution in [3.63, 3.8) is 0 Å². The first-order chi connectivity index (χ1) is 9.25. The van der Waals surface area contributed by atoms with Crippen molar-refractivity contribution in [2.45, 2.75) is 25.3 Å². The standard InChI is InChI=1S/C15H19N3O/c1-17-9-10-18(15(17)19)13-6-4-5-12(11-13)14-7-2-3-8-16-14/h4-6,9-11,14,16H,2-3,7-8H2,1H3. The minimum Gasteiger partial charge on any atom is -0.310 e. The van der Waals surface area contributed by atoms with E-state index in [4.69, 9.17) is 0 Å². The highest BCUT2D eigenvalue weighted by Crippen LogP contribution is 2.24. The van der Waals surface area contributed by atoms with Gasteiger partial charge in [0, 0.05) is 25.5 Å². The van der Waals surface area contributed by atoms with Crippen molar-refractivity contribution in [2.24, 2.45) is 7.05 Å². The van der Waals surface area contributed by atoms with Gasteiger partial charge in [-0.2, -0.15) is 0 Å². The minimum atomic E-state index is -0.00578. The SMILES string of the molecule is Cn1ccn(-c2cccc(C3CCCCN3)c2)c1=O. The number of hydrogen-bond donors (Lipinski definition) is 1. The molecule has 0 bridgehead atoms. The van der Waals surface area contributed by atoms with Crippen LogP contribution in [-0.2, 0) is 7.05 Å². The van der Waals surface area contributed by atoms with Gasteiger partial charge in [-0.05, 0) is 37.1 Å². The summed E-state index contributed by atoms with van der Waals surface area (Å²) in [5.74, 6) is 0. The molecule has 1 aromatic carbocycles. The number of aryl methyl sites for hydroxylation is 1. The molecule has 2 aromatic rings. The molecule has 0 saturated carbocycles. The van der Waals surface area contributed by atoms with Crippen molar-refractivity contribution < 1.29 is 0 Å². The maximum atomic E-state index is 12.0. The predicted octanol–water partition coefficient (Wildman–Crippen LogP) is 1.99. The zero-order valence-corrected chi connectivity index (χ0v) is 11.2. The van der Waals surface area contributed by atoms with E-state index < -0.39 is 0 Å². The van der Waals surface area contributed by atoms with Gasteiger partial charge in [-0.25, -0.2) is 4.79 Å². The Labute approximate surface area is 112 Å².